The molecule has 0 saturated carbocycles. The van der Waals surface area contributed by atoms with E-state index >= 15 is 0 Å². The summed E-state index contributed by atoms with van der Waals surface area (Å²) < 4.78 is 5.58. The number of nitrogens with zero attached hydrogens (tertiary/aromatic N) is 2. The minimum absolute atomic E-state index is 0.0432. The maximum Gasteiger partial charge on any atom is 0.410 e. The molecule has 1 aromatic carbocycles. The molecule has 0 aromatic heterocycles. The predicted molar refractivity (Wildman–Crippen MR) is 98.8 cm³/mol. The van der Waals surface area contributed by atoms with Crippen molar-refractivity contribution in [1.82, 2.24) is 4.90 Å². The van der Waals surface area contributed by atoms with Crippen molar-refractivity contribution in [1.29, 1.82) is 0 Å². The van der Waals surface area contributed by atoms with Crippen molar-refractivity contribution in [3.05, 3.63) is 29.8 Å². The first-order valence-corrected chi connectivity index (χ1v) is 9.11. The minimum Gasteiger partial charge on any atom is -0.444 e. The zero-order valence-electron chi connectivity index (χ0n) is 16.0. The molecular formula is C20H30N2O3. The van der Waals surface area contributed by atoms with Crippen LogP contribution >= 0.6 is 0 Å². The summed E-state index contributed by atoms with van der Waals surface area (Å²) in [5, 5.41) is 11.4. The van der Waals surface area contributed by atoms with Gasteiger partial charge < -0.3 is 19.6 Å². The fraction of sp³-hybridized carbons (Fsp3) is 0.650. The summed E-state index contributed by atoms with van der Waals surface area (Å²) in [6.45, 7) is 5.67. The van der Waals surface area contributed by atoms with Crippen molar-refractivity contribution in [2.75, 3.05) is 19.0 Å². The van der Waals surface area contributed by atoms with Gasteiger partial charge in [-0.05, 0) is 51.3 Å². The van der Waals surface area contributed by atoms with E-state index in [1.54, 1.807) is 0 Å². The van der Waals surface area contributed by atoms with Crippen LogP contribution in [-0.2, 0) is 10.3 Å². The highest BCUT2D eigenvalue weighted by atomic mass is 16.6. The van der Waals surface area contributed by atoms with Gasteiger partial charge >= 0.3 is 6.09 Å². The Morgan fingerprint density at radius 2 is 1.84 bits per heavy atom. The van der Waals surface area contributed by atoms with E-state index < -0.39 is 11.2 Å². The SMILES string of the molecule is CN(C)c1cccc(C2(O)CC3CCC(C2)N3C(=O)OC(C)(C)C)c1. The molecular weight excluding hydrogens is 316 g/mol. The number of anilines is 1. The number of fused-ring (bicyclic) bond motifs is 2. The van der Waals surface area contributed by atoms with Crippen molar-refractivity contribution in [3.8, 4) is 0 Å². The lowest BCUT2D eigenvalue weighted by Crippen LogP contribution is -2.53. The van der Waals surface area contributed by atoms with Gasteiger partial charge in [0.2, 0.25) is 0 Å². The van der Waals surface area contributed by atoms with Gasteiger partial charge in [0.25, 0.3) is 0 Å². The quantitative estimate of drug-likeness (QED) is 0.890. The second-order valence-electron chi connectivity index (χ2n) is 8.66. The Morgan fingerprint density at radius 1 is 1.24 bits per heavy atom. The van der Waals surface area contributed by atoms with Gasteiger partial charge in [-0.2, -0.15) is 0 Å². The molecule has 1 amide bonds. The molecule has 2 aliphatic heterocycles. The topological polar surface area (TPSA) is 53.0 Å². The largest absolute Gasteiger partial charge is 0.444 e. The van der Waals surface area contributed by atoms with E-state index in [2.05, 4.69) is 6.07 Å². The number of amides is 1. The summed E-state index contributed by atoms with van der Waals surface area (Å²) in [5.41, 5.74) is 0.646. The summed E-state index contributed by atoms with van der Waals surface area (Å²) in [6, 6.07) is 8.17. The monoisotopic (exact) mass is 346 g/mol. The smallest absolute Gasteiger partial charge is 0.410 e. The van der Waals surface area contributed by atoms with E-state index in [0.29, 0.717) is 12.8 Å². The summed E-state index contributed by atoms with van der Waals surface area (Å²) in [7, 11) is 4.00. The maximum absolute atomic E-state index is 12.6. The van der Waals surface area contributed by atoms with Gasteiger partial charge in [0.05, 0.1) is 5.60 Å². The Morgan fingerprint density at radius 3 is 2.36 bits per heavy atom. The lowest BCUT2D eigenvalue weighted by molar-refractivity contribution is -0.0624. The molecule has 1 N–H and O–H groups in total. The fourth-order valence-electron chi connectivity index (χ4n) is 4.15. The van der Waals surface area contributed by atoms with Crippen molar-refractivity contribution in [3.63, 3.8) is 0 Å². The lowest BCUT2D eigenvalue weighted by Gasteiger charge is -2.44. The molecule has 1 aromatic rings. The molecule has 2 saturated heterocycles. The highest BCUT2D eigenvalue weighted by molar-refractivity contribution is 5.70. The molecule has 2 fully saturated rings. The molecule has 0 spiro atoms. The zero-order chi connectivity index (χ0) is 18.4. The van der Waals surface area contributed by atoms with Gasteiger partial charge in [-0.15, -0.1) is 0 Å². The molecule has 0 aliphatic carbocycles. The lowest BCUT2D eigenvalue weighted by atomic mass is 9.80. The number of piperidine rings is 1. The number of carbonyl (C=O) groups is 1. The average Bonchev–Trinajstić information content (AvgIpc) is 2.78. The van der Waals surface area contributed by atoms with Gasteiger partial charge in [-0.3, -0.25) is 0 Å². The number of carbonyl (C=O) groups excluding carboxylic acids is 1. The first-order valence-electron chi connectivity index (χ1n) is 9.11. The highest BCUT2D eigenvalue weighted by Gasteiger charge is 2.51. The van der Waals surface area contributed by atoms with Crippen LogP contribution in [0.25, 0.3) is 0 Å². The van der Waals surface area contributed by atoms with Crippen LogP contribution < -0.4 is 4.90 Å². The van der Waals surface area contributed by atoms with Crippen LogP contribution in [0.15, 0.2) is 24.3 Å². The maximum atomic E-state index is 12.6. The molecule has 2 unspecified atom stereocenters. The summed E-state index contributed by atoms with van der Waals surface area (Å²) in [5.74, 6) is 0. The van der Waals surface area contributed by atoms with E-state index in [0.717, 1.165) is 24.1 Å². The molecule has 5 nitrogen and oxygen atoms in total. The molecule has 0 radical (unpaired) electrons. The number of rotatable bonds is 2. The van der Waals surface area contributed by atoms with Crippen molar-refractivity contribution >= 4 is 11.8 Å². The number of ether oxygens (including phenoxy) is 1. The van der Waals surface area contributed by atoms with E-state index in [9.17, 15) is 9.90 Å². The van der Waals surface area contributed by atoms with Crippen LogP contribution in [-0.4, -0.2) is 47.9 Å². The van der Waals surface area contributed by atoms with Crippen LogP contribution in [0.4, 0.5) is 10.5 Å². The molecule has 2 bridgehead atoms. The fourth-order valence-corrected chi connectivity index (χ4v) is 4.15. The molecule has 5 heteroatoms. The molecule has 138 valence electrons. The third-order valence-electron chi connectivity index (χ3n) is 5.27. The number of benzene rings is 1. The van der Waals surface area contributed by atoms with E-state index in [1.165, 1.54) is 0 Å². The second kappa shape index (κ2) is 6.20. The third kappa shape index (κ3) is 3.61. The zero-order valence-corrected chi connectivity index (χ0v) is 16.0. The molecule has 3 rings (SSSR count). The molecule has 2 atom stereocenters. The minimum atomic E-state index is -0.879. The highest BCUT2D eigenvalue weighted by Crippen LogP contribution is 2.46. The van der Waals surface area contributed by atoms with Crippen molar-refractivity contribution < 1.29 is 14.6 Å². The molecule has 2 heterocycles. The van der Waals surface area contributed by atoms with Crippen LogP contribution in [0.2, 0.25) is 0 Å². The standard InChI is InChI=1S/C20H30N2O3/c1-19(2,3)25-18(23)22-16-9-10-17(22)13-20(24,12-16)14-7-6-8-15(11-14)21(4)5/h6-8,11,16-17,24H,9-10,12-13H2,1-5H3. The normalized spacial score (nSPS) is 28.8. The van der Waals surface area contributed by atoms with E-state index in [1.807, 2.05) is 62.9 Å². The molecule has 25 heavy (non-hydrogen) atoms. The van der Waals surface area contributed by atoms with Crippen LogP contribution in [0, 0.1) is 0 Å². The summed E-state index contributed by atoms with van der Waals surface area (Å²) in [4.78, 5) is 16.5. The van der Waals surface area contributed by atoms with Crippen LogP contribution in [0.1, 0.15) is 52.0 Å². The summed E-state index contributed by atoms with van der Waals surface area (Å²) >= 11 is 0. The number of hydrogen-bond donors (Lipinski definition) is 1. The average molecular weight is 346 g/mol. The van der Waals surface area contributed by atoms with Gasteiger partial charge in [0.1, 0.15) is 5.60 Å². The summed E-state index contributed by atoms with van der Waals surface area (Å²) in [6.07, 6.45) is 2.75. The van der Waals surface area contributed by atoms with Gasteiger partial charge in [0.15, 0.2) is 0 Å². The van der Waals surface area contributed by atoms with Gasteiger partial charge in [0, 0.05) is 44.7 Å². The van der Waals surface area contributed by atoms with Gasteiger partial charge in [-0.1, -0.05) is 12.1 Å². The Hall–Kier alpha value is -1.75. The van der Waals surface area contributed by atoms with Crippen LogP contribution in [0.3, 0.4) is 0 Å². The second-order valence-corrected chi connectivity index (χ2v) is 8.66. The van der Waals surface area contributed by atoms with E-state index in [4.69, 9.17) is 4.74 Å². The number of hydrogen-bond acceptors (Lipinski definition) is 4. The Kier molecular flexibility index (Phi) is 4.48. The first kappa shape index (κ1) is 18.1. The first-order chi connectivity index (χ1) is 11.6. The van der Waals surface area contributed by atoms with Gasteiger partial charge in [-0.25, -0.2) is 4.79 Å². The predicted octanol–water partition coefficient (Wildman–Crippen LogP) is 3.50. The number of aliphatic hydroxyl groups is 1. The van der Waals surface area contributed by atoms with E-state index in [-0.39, 0.29) is 18.2 Å². The van der Waals surface area contributed by atoms with Crippen LogP contribution in [0.5, 0.6) is 0 Å². The Bertz CT molecular complexity index is 637. The molecule has 2 aliphatic rings. The Balaban J connectivity index is 1.81. The third-order valence-corrected chi connectivity index (χ3v) is 5.27. The van der Waals surface area contributed by atoms with Crippen molar-refractivity contribution in [2.45, 2.75) is 69.7 Å². The van der Waals surface area contributed by atoms with Crippen molar-refractivity contribution in [2.24, 2.45) is 0 Å². The Labute approximate surface area is 150 Å².